The largest absolute Gasteiger partial charge is 0.481 e. The number of hydrogen-bond donors (Lipinski definition) is 2. The van der Waals surface area contributed by atoms with Crippen LogP contribution in [0.3, 0.4) is 0 Å². The van der Waals surface area contributed by atoms with Crippen molar-refractivity contribution in [2.75, 3.05) is 0 Å². The predicted molar refractivity (Wildman–Crippen MR) is 137 cm³/mol. The van der Waals surface area contributed by atoms with Crippen LogP contribution in [-0.4, -0.2) is 33.9 Å². The minimum atomic E-state index is -0.883. The standard InChI is InChI=1S/C30H44O5/c1-18-7-11-25(35-27(18)33)19(2)22-14-16-30(6)24-10-9-23(28(3,4)34)20(8-12-26(31)32)17-21(24)13-15-29(22,30)5/h7-8,13,19,22-25,34H,9-12,14-17H2,1-6H3,(H,31,32)/b20-8+/t19-,22+,23+,24+,25-,29+,30-/m0/s1. The van der Waals surface area contributed by atoms with E-state index in [0.29, 0.717) is 23.3 Å². The average molecular weight is 485 g/mol. The summed E-state index contributed by atoms with van der Waals surface area (Å²) in [6.07, 6.45) is 13.0. The van der Waals surface area contributed by atoms with Crippen molar-refractivity contribution in [3.8, 4) is 0 Å². The molecule has 0 radical (unpaired) electrons. The van der Waals surface area contributed by atoms with Gasteiger partial charge < -0.3 is 14.9 Å². The maximum absolute atomic E-state index is 12.3. The Morgan fingerprint density at radius 2 is 1.94 bits per heavy atom. The Bertz CT molecular complexity index is 966. The number of carboxylic acids is 1. The Hall–Kier alpha value is -1.88. The zero-order valence-corrected chi connectivity index (χ0v) is 22.4. The third-order valence-corrected chi connectivity index (χ3v) is 10.6. The zero-order chi connectivity index (χ0) is 25.8. The van der Waals surface area contributed by atoms with Gasteiger partial charge in [-0.3, -0.25) is 4.79 Å². The number of allylic oxidation sites excluding steroid dienone is 2. The van der Waals surface area contributed by atoms with Gasteiger partial charge in [-0.15, -0.1) is 0 Å². The van der Waals surface area contributed by atoms with Crippen LogP contribution in [0.25, 0.3) is 0 Å². The number of esters is 1. The molecule has 4 rings (SSSR count). The second-order valence-corrected chi connectivity index (χ2v) is 12.8. The first-order valence-electron chi connectivity index (χ1n) is 13.5. The molecule has 3 aliphatic carbocycles. The van der Waals surface area contributed by atoms with Crippen LogP contribution in [0, 0.1) is 34.5 Å². The smallest absolute Gasteiger partial charge is 0.333 e. The van der Waals surface area contributed by atoms with Crippen LogP contribution in [0.4, 0.5) is 0 Å². The minimum absolute atomic E-state index is 0.00244. The molecule has 0 unspecified atom stereocenters. The normalized spacial score (nSPS) is 39.6. The van der Waals surface area contributed by atoms with Gasteiger partial charge in [0, 0.05) is 17.9 Å². The molecule has 1 aliphatic heterocycles. The highest BCUT2D eigenvalue weighted by atomic mass is 16.5. The molecule has 2 N–H and O–H groups in total. The van der Waals surface area contributed by atoms with E-state index in [9.17, 15) is 19.8 Å². The van der Waals surface area contributed by atoms with Gasteiger partial charge in [-0.25, -0.2) is 4.79 Å². The molecule has 0 aromatic carbocycles. The van der Waals surface area contributed by atoms with Gasteiger partial charge >= 0.3 is 11.9 Å². The van der Waals surface area contributed by atoms with E-state index in [1.54, 1.807) is 0 Å². The van der Waals surface area contributed by atoms with Crippen LogP contribution >= 0.6 is 0 Å². The number of cyclic esters (lactones) is 1. The first kappa shape index (κ1) is 26.2. The van der Waals surface area contributed by atoms with E-state index in [2.05, 4.69) is 26.8 Å². The summed E-state index contributed by atoms with van der Waals surface area (Å²) >= 11 is 0. The third-order valence-electron chi connectivity index (χ3n) is 10.6. The fourth-order valence-electron chi connectivity index (χ4n) is 8.23. The molecular weight excluding hydrogens is 440 g/mol. The predicted octanol–water partition coefficient (Wildman–Crippen LogP) is 6.23. The molecule has 0 spiro atoms. The van der Waals surface area contributed by atoms with E-state index in [-0.39, 0.29) is 35.2 Å². The lowest BCUT2D eigenvalue weighted by Gasteiger charge is -2.54. The summed E-state index contributed by atoms with van der Waals surface area (Å²) in [6, 6.07) is 0. The fourth-order valence-corrected chi connectivity index (χ4v) is 8.23. The molecule has 0 saturated heterocycles. The van der Waals surface area contributed by atoms with Crippen LogP contribution in [0.2, 0.25) is 0 Å². The molecule has 5 heteroatoms. The number of carbonyl (C=O) groups excluding carboxylic acids is 1. The van der Waals surface area contributed by atoms with Crippen LogP contribution in [0.5, 0.6) is 0 Å². The number of ether oxygens (including phenoxy) is 1. The van der Waals surface area contributed by atoms with Gasteiger partial charge in [0.2, 0.25) is 0 Å². The summed E-state index contributed by atoms with van der Waals surface area (Å²) < 4.78 is 5.86. The molecular formula is C30H44O5. The number of carbonyl (C=O) groups is 2. The molecule has 2 fully saturated rings. The van der Waals surface area contributed by atoms with Gasteiger partial charge in [0.1, 0.15) is 6.10 Å². The van der Waals surface area contributed by atoms with E-state index < -0.39 is 11.6 Å². The summed E-state index contributed by atoms with van der Waals surface area (Å²) in [5, 5.41) is 20.3. The average Bonchev–Trinajstić information content (AvgIpc) is 2.92. The summed E-state index contributed by atoms with van der Waals surface area (Å²) in [6.45, 7) is 12.8. The van der Waals surface area contributed by atoms with E-state index in [1.165, 1.54) is 5.57 Å². The summed E-state index contributed by atoms with van der Waals surface area (Å²) in [4.78, 5) is 23.6. The SMILES string of the molecule is CC1=CC[C@@H]([C@@H](C)[C@H]2CC[C@@]3(C)[C@@H]4CC[C@@H](C(C)(C)O)/C(=C/CC(=O)O)CC4=CC[C@]23C)OC1=O. The molecule has 0 aromatic rings. The van der Waals surface area contributed by atoms with E-state index in [1.807, 2.05) is 32.9 Å². The van der Waals surface area contributed by atoms with E-state index in [4.69, 9.17) is 4.74 Å². The highest BCUT2D eigenvalue weighted by molar-refractivity contribution is 5.88. The number of aliphatic carboxylic acids is 1. The summed E-state index contributed by atoms with van der Waals surface area (Å²) in [5.74, 6) is 0.167. The molecule has 2 saturated carbocycles. The monoisotopic (exact) mass is 484 g/mol. The first-order valence-corrected chi connectivity index (χ1v) is 13.5. The number of carboxylic acid groups (broad SMARTS) is 1. The molecule has 1 heterocycles. The lowest BCUT2D eigenvalue weighted by molar-refractivity contribution is -0.151. The number of rotatable bonds is 5. The highest BCUT2D eigenvalue weighted by Crippen LogP contribution is 2.69. The van der Waals surface area contributed by atoms with E-state index in [0.717, 1.165) is 50.5 Å². The number of aliphatic hydroxyl groups is 1. The Kier molecular flexibility index (Phi) is 6.89. The Morgan fingerprint density at radius 1 is 1.23 bits per heavy atom. The van der Waals surface area contributed by atoms with Crippen molar-refractivity contribution in [3.05, 3.63) is 34.9 Å². The number of hydrogen-bond acceptors (Lipinski definition) is 4. The molecule has 0 aromatic heterocycles. The lowest BCUT2D eigenvalue weighted by Crippen LogP contribution is -2.48. The van der Waals surface area contributed by atoms with Gasteiger partial charge in [0.05, 0.1) is 12.0 Å². The Labute approximate surface area is 210 Å². The highest BCUT2D eigenvalue weighted by Gasteiger charge is 2.61. The van der Waals surface area contributed by atoms with Crippen molar-refractivity contribution < 1.29 is 24.5 Å². The van der Waals surface area contributed by atoms with Gasteiger partial charge in [-0.2, -0.15) is 0 Å². The Balaban J connectivity index is 1.63. The molecule has 0 bridgehead atoms. The second kappa shape index (κ2) is 9.21. The number of fused-ring (bicyclic) bond motifs is 3. The van der Waals surface area contributed by atoms with Gasteiger partial charge in [-0.1, -0.05) is 50.1 Å². The molecule has 5 nitrogen and oxygen atoms in total. The van der Waals surface area contributed by atoms with Crippen molar-refractivity contribution in [1.82, 2.24) is 0 Å². The topological polar surface area (TPSA) is 83.8 Å². The molecule has 194 valence electrons. The molecule has 7 atom stereocenters. The van der Waals surface area contributed by atoms with Gasteiger partial charge in [0.25, 0.3) is 0 Å². The van der Waals surface area contributed by atoms with Crippen molar-refractivity contribution >= 4 is 11.9 Å². The van der Waals surface area contributed by atoms with Gasteiger partial charge in [-0.05, 0) is 87.9 Å². The van der Waals surface area contributed by atoms with Crippen LogP contribution < -0.4 is 0 Å². The van der Waals surface area contributed by atoms with Crippen molar-refractivity contribution in [2.45, 2.75) is 105 Å². The zero-order valence-electron chi connectivity index (χ0n) is 22.4. The van der Waals surface area contributed by atoms with Crippen molar-refractivity contribution in [1.29, 1.82) is 0 Å². The van der Waals surface area contributed by atoms with Crippen LogP contribution in [-0.2, 0) is 14.3 Å². The van der Waals surface area contributed by atoms with Crippen molar-refractivity contribution in [3.63, 3.8) is 0 Å². The van der Waals surface area contributed by atoms with Gasteiger partial charge in [0.15, 0.2) is 0 Å². The quantitative estimate of drug-likeness (QED) is 0.357. The Morgan fingerprint density at radius 3 is 2.57 bits per heavy atom. The molecule has 35 heavy (non-hydrogen) atoms. The van der Waals surface area contributed by atoms with Crippen molar-refractivity contribution in [2.24, 2.45) is 34.5 Å². The maximum Gasteiger partial charge on any atom is 0.333 e. The van der Waals surface area contributed by atoms with Crippen LogP contribution in [0.1, 0.15) is 92.9 Å². The maximum atomic E-state index is 12.3. The summed E-state index contributed by atoms with van der Waals surface area (Å²) in [7, 11) is 0. The lowest BCUT2D eigenvalue weighted by atomic mass is 9.51. The molecule has 4 aliphatic rings. The molecule has 0 amide bonds. The van der Waals surface area contributed by atoms with Crippen LogP contribution in [0.15, 0.2) is 34.9 Å². The van der Waals surface area contributed by atoms with E-state index >= 15 is 0 Å². The summed E-state index contributed by atoms with van der Waals surface area (Å²) in [5.41, 5.74) is 2.60. The second-order valence-electron chi connectivity index (χ2n) is 12.8. The third kappa shape index (κ3) is 4.54. The fraction of sp³-hybridized carbons (Fsp3) is 0.733. The minimum Gasteiger partial charge on any atom is -0.481 e. The first-order chi connectivity index (χ1) is 16.3.